The van der Waals surface area contributed by atoms with Crippen LogP contribution in [0.15, 0.2) is 24.8 Å². The van der Waals surface area contributed by atoms with Gasteiger partial charge in [-0.2, -0.15) is 0 Å². The van der Waals surface area contributed by atoms with E-state index >= 15 is 0 Å². The number of benzene rings is 1. The molecule has 19 heavy (non-hydrogen) atoms. The number of hydrogen-bond acceptors (Lipinski definition) is 3. The van der Waals surface area contributed by atoms with Crippen LogP contribution in [0.3, 0.4) is 0 Å². The lowest BCUT2D eigenvalue weighted by molar-refractivity contribution is -0.116. The number of rotatable bonds is 6. The minimum atomic E-state index is -0.164. The summed E-state index contributed by atoms with van der Waals surface area (Å²) in [6.07, 6.45) is 1.53. The molecule has 1 atom stereocenters. The van der Waals surface area contributed by atoms with Gasteiger partial charge in [-0.25, -0.2) is 0 Å². The zero-order valence-corrected chi connectivity index (χ0v) is 11.4. The first kappa shape index (κ1) is 13.6. The van der Waals surface area contributed by atoms with E-state index in [1.54, 1.807) is 0 Å². The predicted octanol–water partition coefficient (Wildman–Crippen LogP) is 1.88. The van der Waals surface area contributed by atoms with Crippen LogP contribution in [0.1, 0.15) is 16.7 Å². The SMILES string of the molecule is C=CC(=O)NCc1cc(C)c(OCC2CO2)cc1C. The van der Waals surface area contributed by atoms with Crippen molar-refractivity contribution in [2.24, 2.45) is 0 Å². The molecule has 102 valence electrons. The summed E-state index contributed by atoms with van der Waals surface area (Å²) in [5.41, 5.74) is 3.25. The van der Waals surface area contributed by atoms with E-state index in [1.807, 2.05) is 26.0 Å². The molecule has 1 heterocycles. The van der Waals surface area contributed by atoms with Crippen molar-refractivity contribution in [2.45, 2.75) is 26.5 Å². The number of hydrogen-bond donors (Lipinski definition) is 1. The molecule has 1 aromatic carbocycles. The van der Waals surface area contributed by atoms with E-state index in [0.29, 0.717) is 13.2 Å². The van der Waals surface area contributed by atoms with Crippen LogP contribution in [0.25, 0.3) is 0 Å². The topological polar surface area (TPSA) is 50.9 Å². The van der Waals surface area contributed by atoms with Crippen LogP contribution >= 0.6 is 0 Å². The summed E-state index contributed by atoms with van der Waals surface area (Å²) >= 11 is 0. The molecule has 0 aromatic heterocycles. The molecule has 0 radical (unpaired) electrons. The average molecular weight is 261 g/mol. The zero-order chi connectivity index (χ0) is 13.8. The Bertz CT molecular complexity index is 492. The van der Waals surface area contributed by atoms with Gasteiger partial charge in [-0.05, 0) is 42.7 Å². The second kappa shape index (κ2) is 5.89. The largest absolute Gasteiger partial charge is 0.491 e. The Balaban J connectivity index is 2.02. The van der Waals surface area contributed by atoms with E-state index in [-0.39, 0.29) is 12.0 Å². The van der Waals surface area contributed by atoms with Gasteiger partial charge in [0.15, 0.2) is 0 Å². The highest BCUT2D eigenvalue weighted by Gasteiger charge is 2.23. The summed E-state index contributed by atoms with van der Waals surface area (Å²) in [5, 5.41) is 2.78. The van der Waals surface area contributed by atoms with Crippen LogP contribution in [-0.4, -0.2) is 25.2 Å². The lowest BCUT2D eigenvalue weighted by Gasteiger charge is -2.13. The number of carbonyl (C=O) groups is 1. The lowest BCUT2D eigenvalue weighted by Crippen LogP contribution is -2.20. The molecule has 1 aliphatic heterocycles. The van der Waals surface area contributed by atoms with Crippen molar-refractivity contribution in [3.63, 3.8) is 0 Å². The van der Waals surface area contributed by atoms with E-state index in [4.69, 9.17) is 9.47 Å². The van der Waals surface area contributed by atoms with Crippen LogP contribution in [0.2, 0.25) is 0 Å². The molecule has 1 amide bonds. The molecule has 0 aliphatic carbocycles. The average Bonchev–Trinajstić information content (AvgIpc) is 3.21. The quantitative estimate of drug-likeness (QED) is 0.628. The van der Waals surface area contributed by atoms with Gasteiger partial charge in [0.2, 0.25) is 5.91 Å². The highest BCUT2D eigenvalue weighted by atomic mass is 16.6. The highest BCUT2D eigenvalue weighted by molar-refractivity contribution is 5.86. The second-order valence-corrected chi connectivity index (χ2v) is 4.73. The molecule has 1 fully saturated rings. The van der Waals surface area contributed by atoms with E-state index in [9.17, 15) is 4.79 Å². The van der Waals surface area contributed by atoms with Crippen LogP contribution in [0.4, 0.5) is 0 Å². The maximum Gasteiger partial charge on any atom is 0.243 e. The van der Waals surface area contributed by atoms with Crippen molar-refractivity contribution in [1.82, 2.24) is 5.32 Å². The summed E-state index contributed by atoms with van der Waals surface area (Å²) in [7, 11) is 0. The molecule has 1 aliphatic rings. The van der Waals surface area contributed by atoms with Gasteiger partial charge in [0.25, 0.3) is 0 Å². The molecule has 0 spiro atoms. The molecule has 0 saturated carbocycles. The number of ether oxygens (including phenoxy) is 2. The molecule has 1 aromatic rings. The van der Waals surface area contributed by atoms with Crippen molar-refractivity contribution in [1.29, 1.82) is 0 Å². The number of amides is 1. The van der Waals surface area contributed by atoms with Crippen LogP contribution < -0.4 is 10.1 Å². The summed E-state index contributed by atoms with van der Waals surface area (Å²) in [5.74, 6) is 0.718. The molecule has 1 saturated heterocycles. The third-order valence-electron chi connectivity index (χ3n) is 3.10. The summed E-state index contributed by atoms with van der Waals surface area (Å²) < 4.78 is 10.8. The predicted molar refractivity (Wildman–Crippen MR) is 73.2 cm³/mol. The van der Waals surface area contributed by atoms with Crippen LogP contribution in [0.5, 0.6) is 5.75 Å². The van der Waals surface area contributed by atoms with Crippen molar-refractivity contribution < 1.29 is 14.3 Å². The Labute approximate surface area is 113 Å². The van der Waals surface area contributed by atoms with Crippen LogP contribution in [-0.2, 0) is 16.1 Å². The Morgan fingerprint density at radius 2 is 2.26 bits per heavy atom. The van der Waals surface area contributed by atoms with Gasteiger partial charge in [0.05, 0.1) is 6.61 Å². The van der Waals surface area contributed by atoms with Crippen molar-refractivity contribution in [3.8, 4) is 5.75 Å². The minimum absolute atomic E-state index is 0.164. The molecule has 0 bridgehead atoms. The summed E-state index contributed by atoms with van der Waals surface area (Å²) in [6, 6.07) is 4.05. The van der Waals surface area contributed by atoms with E-state index < -0.39 is 0 Å². The number of aryl methyl sites for hydroxylation is 2. The molecule has 1 unspecified atom stereocenters. The van der Waals surface area contributed by atoms with Gasteiger partial charge in [-0.3, -0.25) is 4.79 Å². The fourth-order valence-corrected chi connectivity index (χ4v) is 1.80. The summed E-state index contributed by atoms with van der Waals surface area (Å²) in [4.78, 5) is 11.2. The molecular formula is C15H19NO3. The van der Waals surface area contributed by atoms with E-state index in [1.165, 1.54) is 6.08 Å². The Morgan fingerprint density at radius 1 is 1.53 bits per heavy atom. The first-order chi connectivity index (χ1) is 9.10. The van der Waals surface area contributed by atoms with Gasteiger partial charge in [0.1, 0.15) is 18.5 Å². The summed E-state index contributed by atoms with van der Waals surface area (Å²) in [6.45, 7) is 9.34. The lowest BCUT2D eigenvalue weighted by atomic mass is 10.0. The molecule has 2 rings (SSSR count). The van der Waals surface area contributed by atoms with Gasteiger partial charge >= 0.3 is 0 Å². The van der Waals surface area contributed by atoms with Crippen molar-refractivity contribution >= 4 is 5.91 Å². The highest BCUT2D eigenvalue weighted by Crippen LogP contribution is 2.24. The third-order valence-corrected chi connectivity index (χ3v) is 3.10. The van der Waals surface area contributed by atoms with Gasteiger partial charge in [-0.15, -0.1) is 0 Å². The maximum absolute atomic E-state index is 11.2. The van der Waals surface area contributed by atoms with Crippen molar-refractivity contribution in [2.75, 3.05) is 13.2 Å². The van der Waals surface area contributed by atoms with Gasteiger partial charge in [-0.1, -0.05) is 12.6 Å². The third kappa shape index (κ3) is 3.83. The monoisotopic (exact) mass is 261 g/mol. The Hall–Kier alpha value is -1.81. The first-order valence-corrected chi connectivity index (χ1v) is 6.35. The molecule has 4 nitrogen and oxygen atoms in total. The van der Waals surface area contributed by atoms with Gasteiger partial charge < -0.3 is 14.8 Å². The standard InChI is InChI=1S/C15H19NO3/c1-4-15(17)16-7-12-5-11(3)14(6-10(12)2)19-9-13-8-18-13/h4-6,13H,1,7-9H2,2-3H3,(H,16,17). The smallest absolute Gasteiger partial charge is 0.243 e. The Kier molecular flexibility index (Phi) is 4.22. The zero-order valence-electron chi connectivity index (χ0n) is 11.4. The molecule has 4 heteroatoms. The normalized spacial score (nSPS) is 16.8. The van der Waals surface area contributed by atoms with Crippen molar-refractivity contribution in [3.05, 3.63) is 41.5 Å². The minimum Gasteiger partial charge on any atom is -0.491 e. The number of carbonyl (C=O) groups excluding carboxylic acids is 1. The van der Waals surface area contributed by atoms with Crippen LogP contribution in [0, 0.1) is 13.8 Å². The maximum atomic E-state index is 11.2. The fourth-order valence-electron chi connectivity index (χ4n) is 1.80. The Morgan fingerprint density at radius 3 is 2.89 bits per heavy atom. The number of nitrogens with one attached hydrogen (secondary N) is 1. The van der Waals surface area contributed by atoms with E-state index in [2.05, 4.69) is 11.9 Å². The molecular weight excluding hydrogens is 242 g/mol. The second-order valence-electron chi connectivity index (χ2n) is 4.73. The van der Waals surface area contributed by atoms with E-state index in [0.717, 1.165) is 29.0 Å². The number of epoxide rings is 1. The van der Waals surface area contributed by atoms with Gasteiger partial charge in [0, 0.05) is 6.54 Å². The first-order valence-electron chi connectivity index (χ1n) is 6.35. The fraction of sp³-hybridized carbons (Fsp3) is 0.400. The molecule has 1 N–H and O–H groups in total.